The quantitative estimate of drug-likeness (QED) is 0.924. The summed E-state index contributed by atoms with van der Waals surface area (Å²) in [6, 6.07) is 4.12. The minimum atomic E-state index is -0.531. The summed E-state index contributed by atoms with van der Waals surface area (Å²) in [7, 11) is 0. The Morgan fingerprint density at radius 3 is 2.77 bits per heavy atom. The van der Waals surface area contributed by atoms with E-state index in [9.17, 15) is 14.0 Å². The number of benzene rings is 1. The van der Waals surface area contributed by atoms with Crippen molar-refractivity contribution in [3.05, 3.63) is 29.0 Å². The molecule has 1 saturated heterocycles. The molecule has 0 radical (unpaired) electrons. The number of rotatable bonds is 4. The third-order valence-corrected chi connectivity index (χ3v) is 4.35. The summed E-state index contributed by atoms with van der Waals surface area (Å²) in [6.45, 7) is 6.16. The fourth-order valence-electron chi connectivity index (χ4n) is 2.31. The number of halogens is 2. The molecule has 1 fully saturated rings. The number of nitrogens with zero attached hydrogens (tertiary/aromatic N) is 1. The van der Waals surface area contributed by atoms with Crippen molar-refractivity contribution >= 4 is 29.1 Å². The molecule has 2 amide bonds. The maximum Gasteiger partial charge on any atom is 0.227 e. The van der Waals surface area contributed by atoms with E-state index in [0.717, 1.165) is 6.42 Å². The predicted octanol–water partition coefficient (Wildman–Crippen LogP) is 3.14. The van der Waals surface area contributed by atoms with Crippen LogP contribution >= 0.6 is 11.6 Å². The van der Waals surface area contributed by atoms with Gasteiger partial charge in [-0.2, -0.15) is 0 Å². The van der Waals surface area contributed by atoms with Crippen LogP contribution in [0.4, 0.5) is 10.1 Å². The summed E-state index contributed by atoms with van der Waals surface area (Å²) >= 11 is 5.75. The summed E-state index contributed by atoms with van der Waals surface area (Å²) in [6.07, 6.45) is 0.956. The first-order valence-electron chi connectivity index (χ1n) is 7.31. The van der Waals surface area contributed by atoms with Crippen LogP contribution in [0.5, 0.6) is 0 Å². The van der Waals surface area contributed by atoms with Gasteiger partial charge in [0.25, 0.3) is 0 Å². The van der Waals surface area contributed by atoms with Gasteiger partial charge in [-0.25, -0.2) is 4.39 Å². The number of amides is 2. The lowest BCUT2D eigenvalue weighted by molar-refractivity contribution is -0.127. The van der Waals surface area contributed by atoms with Crippen LogP contribution in [-0.2, 0) is 9.59 Å². The lowest BCUT2D eigenvalue weighted by Gasteiger charge is -2.26. The minimum absolute atomic E-state index is 0.0367. The normalized spacial score (nSPS) is 18.7. The first kappa shape index (κ1) is 16.7. The number of hydrogen-bond acceptors (Lipinski definition) is 2. The van der Waals surface area contributed by atoms with E-state index in [4.69, 9.17) is 11.6 Å². The van der Waals surface area contributed by atoms with Gasteiger partial charge in [0, 0.05) is 24.2 Å². The Morgan fingerprint density at radius 2 is 2.18 bits per heavy atom. The number of nitrogens with one attached hydrogen (secondary N) is 1. The van der Waals surface area contributed by atoms with Crippen molar-refractivity contribution in [3.63, 3.8) is 0 Å². The lowest BCUT2D eigenvalue weighted by atomic mass is 9.99. The molecule has 1 N–H and O–H groups in total. The van der Waals surface area contributed by atoms with Crippen LogP contribution in [0.2, 0.25) is 5.02 Å². The first-order valence-corrected chi connectivity index (χ1v) is 7.69. The number of carbonyl (C=O) groups excluding carboxylic acids is 2. The molecule has 0 aliphatic carbocycles. The Kier molecular flexibility index (Phi) is 4.75. The molecule has 1 aromatic carbocycles. The zero-order chi connectivity index (χ0) is 16.5. The second-order valence-corrected chi connectivity index (χ2v) is 6.64. The van der Waals surface area contributed by atoms with Crippen LogP contribution < -0.4 is 10.2 Å². The van der Waals surface area contributed by atoms with Crippen LogP contribution in [0.1, 0.15) is 33.6 Å². The highest BCUT2D eigenvalue weighted by molar-refractivity contribution is 6.31. The third-order valence-electron chi connectivity index (χ3n) is 4.06. The molecular formula is C16H20ClFN2O2. The Balaban J connectivity index is 2.10. The standard InChI is InChI=1S/C16H20ClFN2O2/c1-4-16(2,3)19-15(22)10-7-14(21)20(9-10)11-5-6-13(18)12(17)8-11/h5-6,8,10H,4,7,9H2,1-3H3,(H,19,22). The monoisotopic (exact) mass is 326 g/mol. The zero-order valence-corrected chi connectivity index (χ0v) is 13.7. The first-order chi connectivity index (χ1) is 10.2. The van der Waals surface area contributed by atoms with Crippen LogP contribution in [-0.4, -0.2) is 23.9 Å². The molecule has 1 heterocycles. The number of hydrogen-bond donors (Lipinski definition) is 1. The smallest absolute Gasteiger partial charge is 0.227 e. The molecule has 2 rings (SSSR count). The minimum Gasteiger partial charge on any atom is -0.351 e. The largest absolute Gasteiger partial charge is 0.351 e. The van der Waals surface area contributed by atoms with E-state index in [0.29, 0.717) is 5.69 Å². The van der Waals surface area contributed by atoms with Crippen LogP contribution in [0.15, 0.2) is 18.2 Å². The predicted molar refractivity (Wildman–Crippen MR) is 84.4 cm³/mol. The van der Waals surface area contributed by atoms with Gasteiger partial charge in [-0.05, 0) is 38.5 Å². The number of carbonyl (C=O) groups is 2. The second-order valence-electron chi connectivity index (χ2n) is 6.23. The maximum atomic E-state index is 13.2. The summed E-state index contributed by atoms with van der Waals surface area (Å²) < 4.78 is 13.2. The Labute approximate surface area is 134 Å². The van der Waals surface area contributed by atoms with Gasteiger partial charge in [-0.1, -0.05) is 18.5 Å². The molecule has 4 nitrogen and oxygen atoms in total. The Hall–Kier alpha value is -1.62. The summed E-state index contributed by atoms with van der Waals surface area (Å²) in [5.41, 5.74) is 0.216. The summed E-state index contributed by atoms with van der Waals surface area (Å²) in [5, 5.41) is 2.92. The van der Waals surface area contributed by atoms with E-state index in [2.05, 4.69) is 5.32 Å². The average molecular weight is 327 g/mol. The highest BCUT2D eigenvalue weighted by Crippen LogP contribution is 2.29. The van der Waals surface area contributed by atoms with Crippen molar-refractivity contribution in [2.24, 2.45) is 5.92 Å². The zero-order valence-electron chi connectivity index (χ0n) is 13.0. The van der Waals surface area contributed by atoms with Gasteiger partial charge in [0.05, 0.1) is 10.9 Å². The van der Waals surface area contributed by atoms with Gasteiger partial charge in [0.15, 0.2) is 0 Å². The van der Waals surface area contributed by atoms with Crippen molar-refractivity contribution in [2.75, 3.05) is 11.4 Å². The lowest BCUT2D eigenvalue weighted by Crippen LogP contribution is -2.46. The Morgan fingerprint density at radius 1 is 1.50 bits per heavy atom. The molecule has 0 bridgehead atoms. The highest BCUT2D eigenvalue weighted by atomic mass is 35.5. The maximum absolute atomic E-state index is 13.2. The van der Waals surface area contributed by atoms with Gasteiger partial charge in [0.1, 0.15) is 5.82 Å². The van der Waals surface area contributed by atoms with Gasteiger partial charge in [0.2, 0.25) is 11.8 Å². The molecule has 1 unspecified atom stereocenters. The molecular weight excluding hydrogens is 307 g/mol. The molecule has 1 atom stereocenters. The average Bonchev–Trinajstić information content (AvgIpc) is 2.84. The van der Waals surface area contributed by atoms with Gasteiger partial charge < -0.3 is 10.2 Å². The summed E-state index contributed by atoms with van der Waals surface area (Å²) in [4.78, 5) is 25.9. The van der Waals surface area contributed by atoms with Crippen molar-refractivity contribution in [1.82, 2.24) is 5.32 Å². The summed E-state index contributed by atoms with van der Waals surface area (Å²) in [5.74, 6) is -1.22. The molecule has 1 aromatic rings. The third kappa shape index (κ3) is 3.58. The van der Waals surface area contributed by atoms with Gasteiger partial charge in [-0.15, -0.1) is 0 Å². The van der Waals surface area contributed by atoms with Crippen LogP contribution in [0, 0.1) is 11.7 Å². The van der Waals surface area contributed by atoms with Crippen molar-refractivity contribution in [3.8, 4) is 0 Å². The van der Waals surface area contributed by atoms with E-state index in [1.807, 2.05) is 20.8 Å². The van der Waals surface area contributed by atoms with E-state index in [1.165, 1.54) is 23.1 Å². The molecule has 1 aliphatic rings. The SMILES string of the molecule is CCC(C)(C)NC(=O)C1CC(=O)N(c2ccc(F)c(Cl)c2)C1. The molecule has 0 aromatic heterocycles. The molecule has 0 spiro atoms. The van der Waals surface area contributed by atoms with Crippen molar-refractivity contribution in [1.29, 1.82) is 0 Å². The van der Waals surface area contributed by atoms with E-state index < -0.39 is 11.7 Å². The molecule has 120 valence electrons. The van der Waals surface area contributed by atoms with E-state index in [1.54, 1.807) is 0 Å². The van der Waals surface area contributed by atoms with Crippen molar-refractivity contribution in [2.45, 2.75) is 39.2 Å². The topological polar surface area (TPSA) is 49.4 Å². The Bertz CT molecular complexity index is 604. The van der Waals surface area contributed by atoms with E-state index >= 15 is 0 Å². The van der Waals surface area contributed by atoms with Gasteiger partial charge >= 0.3 is 0 Å². The fraction of sp³-hybridized carbons (Fsp3) is 0.500. The van der Waals surface area contributed by atoms with Crippen molar-refractivity contribution < 1.29 is 14.0 Å². The fourth-order valence-corrected chi connectivity index (χ4v) is 2.48. The second kappa shape index (κ2) is 6.24. The molecule has 22 heavy (non-hydrogen) atoms. The molecule has 0 saturated carbocycles. The molecule has 1 aliphatic heterocycles. The van der Waals surface area contributed by atoms with Crippen LogP contribution in [0.25, 0.3) is 0 Å². The van der Waals surface area contributed by atoms with Gasteiger partial charge in [-0.3, -0.25) is 9.59 Å². The van der Waals surface area contributed by atoms with Crippen LogP contribution in [0.3, 0.4) is 0 Å². The van der Waals surface area contributed by atoms with E-state index in [-0.39, 0.29) is 35.3 Å². The molecule has 6 heteroatoms. The highest BCUT2D eigenvalue weighted by Gasteiger charge is 2.36. The number of anilines is 1.